The van der Waals surface area contributed by atoms with Crippen LogP contribution < -0.4 is 11.0 Å². The molecular formula is C16H10N6O5. The zero-order valence-electron chi connectivity index (χ0n) is 13.5. The Bertz CT molecular complexity index is 1220. The molecule has 0 aliphatic rings. The van der Waals surface area contributed by atoms with Gasteiger partial charge in [-0.25, -0.2) is 14.3 Å². The quantitative estimate of drug-likeness (QED) is 0.426. The highest BCUT2D eigenvalue weighted by Crippen LogP contribution is 2.16. The van der Waals surface area contributed by atoms with Crippen LogP contribution in [0.4, 0.5) is 5.88 Å². The highest BCUT2D eigenvalue weighted by molar-refractivity contribution is 5.97. The van der Waals surface area contributed by atoms with Crippen molar-refractivity contribution in [1.29, 1.82) is 0 Å². The van der Waals surface area contributed by atoms with Gasteiger partial charge in [-0.2, -0.15) is 5.10 Å². The maximum absolute atomic E-state index is 12.6. The first kappa shape index (κ1) is 16.2. The lowest BCUT2D eigenvalue weighted by Gasteiger charge is -2.06. The predicted molar refractivity (Wildman–Crippen MR) is 92.2 cm³/mol. The van der Waals surface area contributed by atoms with E-state index in [0.717, 1.165) is 28.8 Å². The summed E-state index contributed by atoms with van der Waals surface area (Å²) in [5, 5.41) is 15.0. The fourth-order valence-electron chi connectivity index (χ4n) is 2.46. The average molecular weight is 366 g/mol. The van der Waals surface area contributed by atoms with Gasteiger partial charge in [0, 0.05) is 0 Å². The standard InChI is InChI=1S/C16H10N6O5/c23-15(12-6-7-13(27-12)22(25)26)19-20-9-17-14-11(16(20)24)8-18-21(14)10-4-2-1-3-5-10/h1-9H,(H,19,23). The van der Waals surface area contributed by atoms with E-state index in [1.807, 2.05) is 30.3 Å². The Morgan fingerprint density at radius 3 is 2.67 bits per heavy atom. The van der Waals surface area contributed by atoms with Gasteiger partial charge in [0.05, 0.1) is 18.0 Å². The van der Waals surface area contributed by atoms with Crippen LogP contribution in [0.5, 0.6) is 0 Å². The van der Waals surface area contributed by atoms with E-state index in [1.54, 1.807) is 0 Å². The lowest BCUT2D eigenvalue weighted by Crippen LogP contribution is -2.33. The third-order valence-corrected chi connectivity index (χ3v) is 3.71. The summed E-state index contributed by atoms with van der Waals surface area (Å²) in [5.74, 6) is -1.72. The minimum Gasteiger partial charge on any atom is -0.395 e. The summed E-state index contributed by atoms with van der Waals surface area (Å²) in [6.45, 7) is 0. The van der Waals surface area contributed by atoms with E-state index in [4.69, 9.17) is 4.42 Å². The first-order chi connectivity index (χ1) is 13.0. The Morgan fingerprint density at radius 2 is 1.96 bits per heavy atom. The van der Waals surface area contributed by atoms with Crippen molar-refractivity contribution in [3.63, 3.8) is 0 Å². The number of carbonyl (C=O) groups excluding carboxylic acids is 1. The largest absolute Gasteiger partial charge is 0.433 e. The molecule has 1 amide bonds. The van der Waals surface area contributed by atoms with Gasteiger partial charge in [0.1, 0.15) is 16.6 Å². The summed E-state index contributed by atoms with van der Waals surface area (Å²) < 4.78 is 7.16. The lowest BCUT2D eigenvalue weighted by atomic mass is 10.3. The summed E-state index contributed by atoms with van der Waals surface area (Å²) in [7, 11) is 0. The van der Waals surface area contributed by atoms with Gasteiger partial charge in [0.2, 0.25) is 5.76 Å². The second kappa shape index (κ2) is 6.22. The molecule has 0 spiro atoms. The molecular weight excluding hydrogens is 356 g/mol. The van der Waals surface area contributed by atoms with Crippen molar-refractivity contribution in [2.24, 2.45) is 0 Å². The molecule has 0 aliphatic heterocycles. The monoisotopic (exact) mass is 366 g/mol. The number of nitrogens with zero attached hydrogens (tertiary/aromatic N) is 5. The van der Waals surface area contributed by atoms with Crippen LogP contribution in [0.1, 0.15) is 10.6 Å². The van der Waals surface area contributed by atoms with Crippen LogP contribution in [0, 0.1) is 10.1 Å². The van der Waals surface area contributed by atoms with E-state index in [2.05, 4.69) is 15.5 Å². The van der Waals surface area contributed by atoms with Gasteiger partial charge in [-0.05, 0) is 18.2 Å². The fourth-order valence-corrected chi connectivity index (χ4v) is 2.46. The van der Waals surface area contributed by atoms with Crippen molar-refractivity contribution in [3.8, 4) is 5.69 Å². The number of carbonyl (C=O) groups is 1. The van der Waals surface area contributed by atoms with Gasteiger partial charge in [-0.3, -0.25) is 25.1 Å². The van der Waals surface area contributed by atoms with Crippen molar-refractivity contribution in [3.05, 3.63) is 81.2 Å². The average Bonchev–Trinajstić information content (AvgIpc) is 3.32. The fraction of sp³-hybridized carbons (Fsp3) is 0. The Labute approximate surface area is 149 Å². The molecule has 0 aliphatic carbocycles. The van der Waals surface area contributed by atoms with Crippen molar-refractivity contribution in [1.82, 2.24) is 19.4 Å². The number of aromatic nitrogens is 4. The number of fused-ring (bicyclic) bond motifs is 1. The van der Waals surface area contributed by atoms with Crippen LogP contribution in [-0.2, 0) is 0 Å². The van der Waals surface area contributed by atoms with E-state index in [0.29, 0.717) is 5.65 Å². The van der Waals surface area contributed by atoms with Gasteiger partial charge in [-0.15, -0.1) is 0 Å². The van der Waals surface area contributed by atoms with Gasteiger partial charge >= 0.3 is 11.8 Å². The zero-order chi connectivity index (χ0) is 19.0. The molecule has 0 unspecified atom stereocenters. The SMILES string of the molecule is O=C(Nn1cnc2c(cnn2-c2ccccc2)c1=O)c1ccc([N+](=O)[O-])o1. The number of nitro groups is 1. The lowest BCUT2D eigenvalue weighted by molar-refractivity contribution is -0.402. The highest BCUT2D eigenvalue weighted by atomic mass is 16.6. The predicted octanol–water partition coefficient (Wildman–Crippen LogP) is 1.47. The van der Waals surface area contributed by atoms with Crippen molar-refractivity contribution in [2.75, 3.05) is 5.43 Å². The van der Waals surface area contributed by atoms with Crippen molar-refractivity contribution < 1.29 is 14.1 Å². The number of furan rings is 1. The van der Waals surface area contributed by atoms with Crippen molar-refractivity contribution in [2.45, 2.75) is 0 Å². The molecule has 11 nitrogen and oxygen atoms in total. The number of benzene rings is 1. The molecule has 11 heteroatoms. The summed E-state index contributed by atoms with van der Waals surface area (Å²) in [6.07, 6.45) is 2.47. The number of hydrogen-bond donors (Lipinski definition) is 1. The number of hydrogen-bond acceptors (Lipinski definition) is 7. The molecule has 0 saturated heterocycles. The van der Waals surface area contributed by atoms with E-state index in [-0.39, 0.29) is 11.1 Å². The second-order valence-corrected chi connectivity index (χ2v) is 5.38. The molecule has 4 rings (SSSR count). The van der Waals surface area contributed by atoms with E-state index in [9.17, 15) is 19.7 Å². The summed E-state index contributed by atoms with van der Waals surface area (Å²) in [5.41, 5.74) is 2.76. The molecule has 27 heavy (non-hydrogen) atoms. The first-order valence-electron chi connectivity index (χ1n) is 7.61. The number of nitrogens with one attached hydrogen (secondary N) is 1. The third-order valence-electron chi connectivity index (χ3n) is 3.71. The van der Waals surface area contributed by atoms with Gasteiger partial charge in [-0.1, -0.05) is 18.2 Å². The van der Waals surface area contributed by atoms with Crippen LogP contribution >= 0.6 is 0 Å². The van der Waals surface area contributed by atoms with Gasteiger partial charge in [0.15, 0.2) is 5.65 Å². The molecule has 1 N–H and O–H groups in total. The molecule has 3 aromatic heterocycles. The number of para-hydroxylation sites is 1. The molecule has 0 radical (unpaired) electrons. The summed E-state index contributed by atoms with van der Waals surface area (Å²) in [4.78, 5) is 38.7. The second-order valence-electron chi connectivity index (χ2n) is 5.38. The first-order valence-corrected chi connectivity index (χ1v) is 7.61. The summed E-state index contributed by atoms with van der Waals surface area (Å²) in [6, 6.07) is 11.3. The van der Waals surface area contributed by atoms with Crippen LogP contribution in [0.15, 0.2) is 64.2 Å². The Hall–Kier alpha value is -4.28. The normalized spacial score (nSPS) is 10.8. The maximum Gasteiger partial charge on any atom is 0.433 e. The van der Waals surface area contributed by atoms with E-state index >= 15 is 0 Å². The molecule has 0 atom stereocenters. The van der Waals surface area contributed by atoms with Crippen LogP contribution in [0.25, 0.3) is 16.7 Å². The maximum atomic E-state index is 12.6. The van der Waals surface area contributed by atoms with E-state index < -0.39 is 22.3 Å². The molecule has 0 bridgehead atoms. The van der Waals surface area contributed by atoms with Crippen LogP contribution in [-0.4, -0.2) is 30.3 Å². The minimum atomic E-state index is -0.832. The third kappa shape index (κ3) is 2.82. The minimum absolute atomic E-state index is 0.187. The molecule has 4 aromatic rings. The van der Waals surface area contributed by atoms with E-state index in [1.165, 1.54) is 10.9 Å². The smallest absolute Gasteiger partial charge is 0.395 e. The Balaban J connectivity index is 1.67. The van der Waals surface area contributed by atoms with Gasteiger partial charge in [0.25, 0.3) is 5.56 Å². The highest BCUT2D eigenvalue weighted by Gasteiger charge is 2.19. The van der Waals surface area contributed by atoms with Crippen molar-refractivity contribution >= 4 is 22.8 Å². The molecule has 134 valence electrons. The summed E-state index contributed by atoms with van der Waals surface area (Å²) >= 11 is 0. The molecule has 1 aromatic carbocycles. The Kier molecular flexibility index (Phi) is 3.73. The van der Waals surface area contributed by atoms with Crippen LogP contribution in [0.3, 0.4) is 0 Å². The molecule has 0 saturated carbocycles. The molecule has 3 heterocycles. The van der Waals surface area contributed by atoms with Gasteiger partial charge < -0.3 is 4.42 Å². The number of amides is 1. The zero-order valence-corrected chi connectivity index (χ0v) is 13.5. The Morgan fingerprint density at radius 1 is 1.19 bits per heavy atom. The number of rotatable bonds is 4. The van der Waals surface area contributed by atoms with Crippen LogP contribution in [0.2, 0.25) is 0 Å². The topological polar surface area (TPSA) is 138 Å². The molecule has 0 fully saturated rings.